The summed E-state index contributed by atoms with van der Waals surface area (Å²) < 4.78 is 4.89. The zero-order valence-electron chi connectivity index (χ0n) is 13.9. The second-order valence-corrected chi connectivity index (χ2v) is 6.25. The first-order valence-corrected chi connectivity index (χ1v) is 7.49. The lowest BCUT2D eigenvalue weighted by Crippen LogP contribution is -2.29. The van der Waals surface area contributed by atoms with Crippen molar-refractivity contribution >= 4 is 17.5 Å². The number of benzene rings is 1. The summed E-state index contributed by atoms with van der Waals surface area (Å²) in [7, 11) is 1.61. The molecule has 0 saturated heterocycles. The van der Waals surface area contributed by atoms with E-state index in [1.807, 2.05) is 24.3 Å². The third-order valence-electron chi connectivity index (χ3n) is 3.20. The van der Waals surface area contributed by atoms with Gasteiger partial charge in [-0.15, -0.1) is 0 Å². The first kappa shape index (κ1) is 18.2. The minimum absolute atomic E-state index is 0.0740. The van der Waals surface area contributed by atoms with Crippen molar-refractivity contribution in [1.82, 2.24) is 5.32 Å². The van der Waals surface area contributed by atoms with Gasteiger partial charge in [-0.05, 0) is 29.5 Å². The molecule has 2 N–H and O–H groups in total. The second kappa shape index (κ2) is 8.54. The van der Waals surface area contributed by atoms with Gasteiger partial charge < -0.3 is 15.4 Å². The lowest BCUT2D eigenvalue weighted by atomic mass is 9.87. The molecule has 1 aromatic rings. The third kappa shape index (κ3) is 6.72. The Bertz CT molecular complexity index is 490. The molecule has 0 atom stereocenters. The van der Waals surface area contributed by atoms with Crippen molar-refractivity contribution in [1.29, 1.82) is 0 Å². The molecule has 2 amide bonds. The van der Waals surface area contributed by atoms with Crippen LogP contribution in [0, 0.1) is 0 Å². The molecule has 0 aliphatic carbocycles. The van der Waals surface area contributed by atoms with Crippen molar-refractivity contribution in [2.45, 2.75) is 39.0 Å². The van der Waals surface area contributed by atoms with Crippen molar-refractivity contribution < 1.29 is 14.3 Å². The van der Waals surface area contributed by atoms with Gasteiger partial charge in [-0.3, -0.25) is 9.59 Å². The Hall–Kier alpha value is -1.88. The first-order chi connectivity index (χ1) is 10.3. The molecule has 0 heterocycles. The summed E-state index contributed by atoms with van der Waals surface area (Å²) in [5.74, 6) is -0.590. The van der Waals surface area contributed by atoms with E-state index in [2.05, 4.69) is 31.4 Å². The van der Waals surface area contributed by atoms with Crippen LogP contribution in [0.1, 0.15) is 39.2 Å². The number of rotatable bonds is 7. The van der Waals surface area contributed by atoms with Crippen molar-refractivity contribution in [2.24, 2.45) is 0 Å². The SMILES string of the molecule is COCCCNC(=O)CC(=O)Nc1ccc(C(C)(C)C)cc1. The molecule has 22 heavy (non-hydrogen) atoms. The van der Waals surface area contributed by atoms with Gasteiger partial charge in [0.2, 0.25) is 11.8 Å². The Morgan fingerprint density at radius 3 is 2.27 bits per heavy atom. The summed E-state index contributed by atoms with van der Waals surface area (Å²) in [4.78, 5) is 23.4. The van der Waals surface area contributed by atoms with Crippen molar-refractivity contribution in [3.8, 4) is 0 Å². The summed E-state index contributed by atoms with van der Waals surface area (Å²) in [5.41, 5.74) is 1.97. The molecule has 5 nitrogen and oxygen atoms in total. The monoisotopic (exact) mass is 306 g/mol. The van der Waals surface area contributed by atoms with Gasteiger partial charge in [0.15, 0.2) is 0 Å². The molecule has 0 aliphatic rings. The number of ether oxygens (including phenoxy) is 1. The van der Waals surface area contributed by atoms with E-state index in [9.17, 15) is 9.59 Å². The van der Waals surface area contributed by atoms with Crippen LogP contribution in [-0.4, -0.2) is 32.1 Å². The Morgan fingerprint density at radius 2 is 1.73 bits per heavy atom. The number of carbonyl (C=O) groups is 2. The number of nitrogens with one attached hydrogen (secondary N) is 2. The molecule has 122 valence electrons. The summed E-state index contributed by atoms with van der Waals surface area (Å²) in [6.45, 7) is 7.50. The van der Waals surface area contributed by atoms with Crippen LogP contribution in [0.4, 0.5) is 5.69 Å². The predicted octanol–water partition coefficient (Wildman–Crippen LogP) is 2.47. The molecule has 0 spiro atoms. The number of hydrogen-bond acceptors (Lipinski definition) is 3. The van der Waals surface area contributed by atoms with Crippen LogP contribution in [0.2, 0.25) is 0 Å². The molecule has 0 bridgehead atoms. The number of hydrogen-bond donors (Lipinski definition) is 2. The molecular formula is C17H26N2O3. The van der Waals surface area contributed by atoms with E-state index < -0.39 is 0 Å². The van der Waals surface area contributed by atoms with Gasteiger partial charge in [0, 0.05) is 25.9 Å². The fraction of sp³-hybridized carbons (Fsp3) is 0.529. The Kier molecular flexibility index (Phi) is 7.05. The van der Waals surface area contributed by atoms with Gasteiger partial charge in [-0.2, -0.15) is 0 Å². The molecule has 0 fully saturated rings. The smallest absolute Gasteiger partial charge is 0.233 e. The van der Waals surface area contributed by atoms with Crippen molar-refractivity contribution in [3.05, 3.63) is 29.8 Å². The highest BCUT2D eigenvalue weighted by molar-refractivity contribution is 6.03. The van der Waals surface area contributed by atoms with Crippen LogP contribution >= 0.6 is 0 Å². The average Bonchev–Trinajstić information content (AvgIpc) is 2.43. The largest absolute Gasteiger partial charge is 0.385 e. The normalized spacial score (nSPS) is 11.1. The third-order valence-corrected chi connectivity index (χ3v) is 3.20. The van der Waals surface area contributed by atoms with Crippen molar-refractivity contribution in [3.63, 3.8) is 0 Å². The van der Waals surface area contributed by atoms with E-state index in [0.29, 0.717) is 18.8 Å². The predicted molar refractivity (Wildman–Crippen MR) is 87.9 cm³/mol. The zero-order chi connectivity index (χ0) is 16.6. The molecule has 0 radical (unpaired) electrons. The summed E-state index contributed by atoms with van der Waals surface area (Å²) in [5, 5.41) is 5.41. The standard InChI is InChI=1S/C17H26N2O3/c1-17(2,3)13-6-8-14(9-7-13)19-16(21)12-15(20)18-10-5-11-22-4/h6-9H,5,10-12H2,1-4H3,(H,18,20)(H,19,21). The molecule has 1 aromatic carbocycles. The van der Waals surface area contributed by atoms with Crippen molar-refractivity contribution in [2.75, 3.05) is 25.6 Å². The van der Waals surface area contributed by atoms with Gasteiger partial charge in [0.05, 0.1) is 0 Å². The Labute approximate surface area is 132 Å². The maximum atomic E-state index is 11.8. The molecule has 0 unspecified atom stereocenters. The Morgan fingerprint density at radius 1 is 1.09 bits per heavy atom. The number of amides is 2. The van der Waals surface area contributed by atoms with Crippen LogP contribution in [0.25, 0.3) is 0 Å². The quantitative estimate of drug-likeness (QED) is 0.600. The van der Waals surface area contributed by atoms with Gasteiger partial charge in [-0.1, -0.05) is 32.9 Å². The summed E-state index contributed by atoms with van der Waals surface area (Å²) in [6.07, 6.45) is 0.562. The number of anilines is 1. The van der Waals surface area contributed by atoms with Crippen LogP contribution in [0.15, 0.2) is 24.3 Å². The molecular weight excluding hydrogens is 280 g/mol. The molecule has 0 aromatic heterocycles. The fourth-order valence-electron chi connectivity index (χ4n) is 1.91. The maximum absolute atomic E-state index is 11.8. The molecule has 0 saturated carbocycles. The van der Waals surface area contributed by atoms with E-state index in [-0.39, 0.29) is 23.7 Å². The minimum Gasteiger partial charge on any atom is -0.385 e. The maximum Gasteiger partial charge on any atom is 0.233 e. The van der Waals surface area contributed by atoms with Crippen LogP contribution in [-0.2, 0) is 19.7 Å². The Balaban J connectivity index is 2.40. The molecule has 0 aliphatic heterocycles. The minimum atomic E-state index is -0.312. The van der Waals surface area contributed by atoms with Crippen LogP contribution in [0.3, 0.4) is 0 Å². The summed E-state index contributed by atoms with van der Waals surface area (Å²) >= 11 is 0. The highest BCUT2D eigenvalue weighted by atomic mass is 16.5. The highest BCUT2D eigenvalue weighted by Gasteiger charge is 2.14. The topological polar surface area (TPSA) is 67.4 Å². The van der Waals surface area contributed by atoms with E-state index in [4.69, 9.17) is 4.74 Å². The van der Waals surface area contributed by atoms with E-state index in [0.717, 1.165) is 6.42 Å². The molecule has 1 rings (SSSR count). The zero-order valence-corrected chi connectivity index (χ0v) is 13.9. The van der Waals surface area contributed by atoms with E-state index >= 15 is 0 Å². The number of methoxy groups -OCH3 is 1. The summed E-state index contributed by atoms with van der Waals surface area (Å²) in [6, 6.07) is 7.69. The second-order valence-electron chi connectivity index (χ2n) is 6.25. The highest BCUT2D eigenvalue weighted by Crippen LogP contribution is 2.23. The van der Waals surface area contributed by atoms with Crippen LogP contribution < -0.4 is 10.6 Å². The molecule has 5 heteroatoms. The van der Waals surface area contributed by atoms with Crippen LogP contribution in [0.5, 0.6) is 0 Å². The van der Waals surface area contributed by atoms with Gasteiger partial charge in [-0.25, -0.2) is 0 Å². The number of carbonyl (C=O) groups excluding carboxylic acids is 2. The van der Waals surface area contributed by atoms with E-state index in [1.165, 1.54) is 5.56 Å². The lowest BCUT2D eigenvalue weighted by molar-refractivity contribution is -0.126. The van der Waals surface area contributed by atoms with Gasteiger partial charge >= 0.3 is 0 Å². The van der Waals surface area contributed by atoms with Gasteiger partial charge in [0.25, 0.3) is 0 Å². The average molecular weight is 306 g/mol. The first-order valence-electron chi connectivity index (χ1n) is 7.49. The fourth-order valence-corrected chi connectivity index (χ4v) is 1.91. The van der Waals surface area contributed by atoms with Gasteiger partial charge in [0.1, 0.15) is 6.42 Å². The lowest BCUT2D eigenvalue weighted by Gasteiger charge is -2.19. The van der Waals surface area contributed by atoms with E-state index in [1.54, 1.807) is 7.11 Å².